The molecule has 3 aromatic rings. The molecule has 3 aromatic carbocycles. The van der Waals surface area contributed by atoms with Gasteiger partial charge in [0.2, 0.25) is 5.91 Å². The summed E-state index contributed by atoms with van der Waals surface area (Å²) in [5.74, 6) is -2.63. The first-order valence-electron chi connectivity index (χ1n) is 9.83. The number of aromatic carboxylic acids is 1. The highest BCUT2D eigenvalue weighted by Gasteiger charge is 2.60. The highest BCUT2D eigenvalue weighted by molar-refractivity contribution is 6.24. The van der Waals surface area contributed by atoms with Crippen LogP contribution in [0.15, 0.2) is 84.9 Å². The number of para-hydroxylation sites is 1. The van der Waals surface area contributed by atoms with Crippen molar-refractivity contribution in [2.45, 2.75) is 12.1 Å². The average Bonchev–Trinajstić information content (AvgIpc) is 3.31. The molecule has 2 fully saturated rings. The molecule has 7 nitrogen and oxygen atoms in total. The summed E-state index contributed by atoms with van der Waals surface area (Å²) in [6, 6.07) is 24.0. The van der Waals surface area contributed by atoms with E-state index in [4.69, 9.17) is 9.94 Å². The predicted octanol–water partition coefficient (Wildman–Crippen LogP) is 3.44. The Morgan fingerprint density at radius 3 is 2.00 bits per heavy atom. The van der Waals surface area contributed by atoms with Gasteiger partial charge in [0.1, 0.15) is 5.92 Å². The molecule has 1 N–H and O–H groups in total. The number of carboxylic acids is 1. The second-order valence-corrected chi connectivity index (χ2v) is 7.43. The molecule has 2 heterocycles. The lowest BCUT2D eigenvalue weighted by Gasteiger charge is -2.28. The Balaban J connectivity index is 1.54. The molecule has 2 amide bonds. The maximum Gasteiger partial charge on any atom is 0.335 e. The second kappa shape index (κ2) is 7.37. The van der Waals surface area contributed by atoms with E-state index in [1.54, 1.807) is 5.06 Å². The second-order valence-electron chi connectivity index (χ2n) is 7.43. The minimum atomic E-state index is -1.08. The Morgan fingerprint density at radius 2 is 1.39 bits per heavy atom. The highest BCUT2D eigenvalue weighted by Crippen LogP contribution is 2.47. The molecule has 0 radical (unpaired) electrons. The van der Waals surface area contributed by atoms with Gasteiger partial charge < -0.3 is 5.11 Å². The third kappa shape index (κ3) is 3.06. The van der Waals surface area contributed by atoms with E-state index in [0.29, 0.717) is 5.69 Å². The number of amides is 2. The van der Waals surface area contributed by atoms with Gasteiger partial charge in [-0.1, -0.05) is 48.5 Å². The number of carbonyl (C=O) groups excluding carboxylic acids is 2. The normalized spacial score (nSPS) is 22.6. The number of carbonyl (C=O) groups is 3. The lowest BCUT2D eigenvalue weighted by Crippen LogP contribution is -2.37. The molecule has 3 atom stereocenters. The van der Waals surface area contributed by atoms with E-state index < -0.39 is 29.9 Å². The van der Waals surface area contributed by atoms with Crippen LogP contribution in [-0.2, 0) is 14.4 Å². The minimum absolute atomic E-state index is 0.0803. The summed E-state index contributed by atoms with van der Waals surface area (Å²) in [7, 11) is 0. The molecule has 2 aliphatic heterocycles. The van der Waals surface area contributed by atoms with Gasteiger partial charge in [0, 0.05) is 0 Å². The number of hydroxylamine groups is 1. The zero-order chi connectivity index (χ0) is 21.5. The zero-order valence-corrected chi connectivity index (χ0v) is 16.3. The van der Waals surface area contributed by atoms with Crippen molar-refractivity contribution in [1.29, 1.82) is 0 Å². The summed E-state index contributed by atoms with van der Waals surface area (Å²) >= 11 is 0. The van der Waals surface area contributed by atoms with Gasteiger partial charge in [-0.15, -0.1) is 0 Å². The van der Waals surface area contributed by atoms with Gasteiger partial charge >= 0.3 is 5.97 Å². The molecule has 2 aliphatic rings. The SMILES string of the molecule is O=C(O)c1ccc(N2C(=O)[C@H]3[C@H](ON(c4ccccc4)[C@@H]3c3ccccc3)C2=O)cc1. The maximum absolute atomic E-state index is 13.5. The standard InChI is InChI=1S/C24H18N2O5/c27-22-19-20(15-7-3-1-4-8-15)26(18-9-5-2-6-10-18)31-21(19)23(28)25(22)17-13-11-16(12-14-17)24(29)30/h1-14,19-21H,(H,29,30)/t19-,20-,21+/m1/s1. The van der Waals surface area contributed by atoms with Gasteiger partial charge in [0.15, 0.2) is 6.10 Å². The summed E-state index contributed by atoms with van der Waals surface area (Å²) in [6.45, 7) is 0. The van der Waals surface area contributed by atoms with Crippen LogP contribution in [0.4, 0.5) is 11.4 Å². The van der Waals surface area contributed by atoms with Gasteiger partial charge in [0.05, 0.1) is 23.0 Å². The monoisotopic (exact) mass is 414 g/mol. The van der Waals surface area contributed by atoms with Crippen LogP contribution < -0.4 is 9.96 Å². The third-order valence-corrected chi connectivity index (χ3v) is 5.64. The molecule has 7 heteroatoms. The Kier molecular flexibility index (Phi) is 4.52. The molecule has 0 spiro atoms. The number of hydrogen-bond donors (Lipinski definition) is 1. The van der Waals surface area contributed by atoms with Crippen LogP contribution in [0, 0.1) is 5.92 Å². The Morgan fingerprint density at radius 1 is 0.774 bits per heavy atom. The number of rotatable bonds is 4. The Bertz CT molecular complexity index is 1150. The largest absolute Gasteiger partial charge is 0.478 e. The fraction of sp³-hybridized carbons (Fsp3) is 0.125. The van der Waals surface area contributed by atoms with Crippen LogP contribution in [0.25, 0.3) is 0 Å². The summed E-state index contributed by atoms with van der Waals surface area (Å²) in [6.07, 6.45) is -0.961. The van der Waals surface area contributed by atoms with Crippen LogP contribution in [0.2, 0.25) is 0 Å². The van der Waals surface area contributed by atoms with E-state index >= 15 is 0 Å². The fourth-order valence-electron chi connectivity index (χ4n) is 4.21. The van der Waals surface area contributed by atoms with Crippen molar-refractivity contribution in [3.63, 3.8) is 0 Å². The smallest absolute Gasteiger partial charge is 0.335 e. The number of fused-ring (bicyclic) bond motifs is 1. The van der Waals surface area contributed by atoms with E-state index in [-0.39, 0.29) is 11.5 Å². The lowest BCUT2D eigenvalue weighted by atomic mass is 9.90. The van der Waals surface area contributed by atoms with Gasteiger partial charge in [0.25, 0.3) is 5.91 Å². The number of nitrogens with zero attached hydrogens (tertiary/aromatic N) is 2. The van der Waals surface area contributed by atoms with Crippen LogP contribution in [0.5, 0.6) is 0 Å². The molecule has 5 rings (SSSR count). The molecule has 0 unspecified atom stereocenters. The number of anilines is 2. The van der Waals surface area contributed by atoms with Crippen molar-refractivity contribution in [1.82, 2.24) is 0 Å². The van der Waals surface area contributed by atoms with Gasteiger partial charge in [-0.3, -0.25) is 14.4 Å². The maximum atomic E-state index is 13.5. The number of imide groups is 1. The molecule has 0 aromatic heterocycles. The van der Waals surface area contributed by atoms with Crippen molar-refractivity contribution in [2.24, 2.45) is 5.92 Å². The molecule has 154 valence electrons. The van der Waals surface area contributed by atoms with Crippen LogP contribution in [0.3, 0.4) is 0 Å². The molecule has 31 heavy (non-hydrogen) atoms. The zero-order valence-electron chi connectivity index (χ0n) is 16.3. The van der Waals surface area contributed by atoms with E-state index in [0.717, 1.165) is 16.2 Å². The van der Waals surface area contributed by atoms with Gasteiger partial charge in [-0.05, 0) is 42.0 Å². The summed E-state index contributed by atoms with van der Waals surface area (Å²) in [5.41, 5.74) is 2.03. The summed E-state index contributed by atoms with van der Waals surface area (Å²) in [4.78, 5) is 44.9. The Labute approximate surface area is 178 Å². The summed E-state index contributed by atoms with van der Waals surface area (Å²) in [5, 5.41) is 10.7. The van der Waals surface area contributed by atoms with E-state index in [9.17, 15) is 14.4 Å². The summed E-state index contributed by atoms with van der Waals surface area (Å²) < 4.78 is 0. The van der Waals surface area contributed by atoms with Crippen LogP contribution >= 0.6 is 0 Å². The Hall–Kier alpha value is -3.97. The van der Waals surface area contributed by atoms with E-state index in [1.807, 2.05) is 60.7 Å². The first kappa shape index (κ1) is 19.0. The van der Waals surface area contributed by atoms with Gasteiger partial charge in [-0.2, -0.15) is 0 Å². The van der Waals surface area contributed by atoms with Crippen LogP contribution in [0.1, 0.15) is 22.0 Å². The predicted molar refractivity (Wildman–Crippen MR) is 112 cm³/mol. The molecule has 2 saturated heterocycles. The van der Waals surface area contributed by atoms with Crippen LogP contribution in [-0.4, -0.2) is 29.0 Å². The third-order valence-electron chi connectivity index (χ3n) is 5.64. The highest BCUT2D eigenvalue weighted by atomic mass is 16.7. The molecule has 0 bridgehead atoms. The molecule has 0 saturated carbocycles. The van der Waals surface area contributed by atoms with Crippen molar-refractivity contribution in [2.75, 3.05) is 9.96 Å². The quantitative estimate of drug-likeness (QED) is 0.658. The first-order valence-corrected chi connectivity index (χ1v) is 9.83. The lowest BCUT2D eigenvalue weighted by molar-refractivity contribution is -0.126. The van der Waals surface area contributed by atoms with Crippen molar-refractivity contribution >= 4 is 29.2 Å². The number of benzene rings is 3. The average molecular weight is 414 g/mol. The van der Waals surface area contributed by atoms with Crippen molar-refractivity contribution < 1.29 is 24.3 Å². The minimum Gasteiger partial charge on any atom is -0.478 e. The van der Waals surface area contributed by atoms with E-state index in [2.05, 4.69) is 0 Å². The molecule has 0 aliphatic carbocycles. The van der Waals surface area contributed by atoms with E-state index in [1.165, 1.54) is 24.3 Å². The van der Waals surface area contributed by atoms with Crippen molar-refractivity contribution in [3.05, 3.63) is 96.1 Å². The first-order chi connectivity index (χ1) is 15.1. The van der Waals surface area contributed by atoms with Gasteiger partial charge in [-0.25, -0.2) is 14.8 Å². The topological polar surface area (TPSA) is 87.2 Å². The fourth-order valence-corrected chi connectivity index (χ4v) is 4.21. The van der Waals surface area contributed by atoms with Crippen molar-refractivity contribution in [3.8, 4) is 0 Å². The number of carboxylic acid groups (broad SMARTS) is 1. The molecular formula is C24H18N2O5. The molecular weight excluding hydrogens is 396 g/mol. The number of hydrogen-bond acceptors (Lipinski definition) is 5.